The van der Waals surface area contributed by atoms with Gasteiger partial charge in [-0.25, -0.2) is 4.79 Å². The van der Waals surface area contributed by atoms with E-state index >= 15 is 0 Å². The van der Waals surface area contributed by atoms with E-state index < -0.39 is 0 Å². The molecule has 1 N–H and O–H groups in total. The number of nitrogens with one attached hydrogen (secondary N) is 1. The third-order valence-corrected chi connectivity index (χ3v) is 6.19. The summed E-state index contributed by atoms with van der Waals surface area (Å²) in [6.07, 6.45) is 5.61. The molecule has 3 rings (SSSR count). The summed E-state index contributed by atoms with van der Waals surface area (Å²) < 4.78 is 5.17. The largest absolute Gasteiger partial charge is 0.450 e. The summed E-state index contributed by atoms with van der Waals surface area (Å²) in [6, 6.07) is 11.5. The third-order valence-electron chi connectivity index (χ3n) is 6.19. The van der Waals surface area contributed by atoms with E-state index in [4.69, 9.17) is 4.74 Å². The molecule has 2 aliphatic rings. The number of hydrogen-bond acceptors (Lipinski definition) is 4. The van der Waals surface area contributed by atoms with Gasteiger partial charge in [0.2, 0.25) is 0 Å². The van der Waals surface area contributed by atoms with Crippen LogP contribution in [0.5, 0.6) is 0 Å². The Morgan fingerprint density at radius 3 is 2.54 bits per heavy atom. The van der Waals surface area contributed by atoms with Gasteiger partial charge in [0.05, 0.1) is 6.61 Å². The van der Waals surface area contributed by atoms with Crippen LogP contribution in [0.3, 0.4) is 0 Å². The van der Waals surface area contributed by atoms with Crippen molar-refractivity contribution in [1.29, 1.82) is 0 Å². The number of rotatable bonds is 4. The zero-order valence-electron chi connectivity index (χ0n) is 16.2. The second kappa shape index (κ2) is 8.87. The summed E-state index contributed by atoms with van der Waals surface area (Å²) in [5, 5.41) is 3.62. The number of benzene rings is 1. The van der Waals surface area contributed by atoms with E-state index in [1.54, 1.807) is 0 Å². The van der Waals surface area contributed by atoms with Crippen molar-refractivity contribution < 1.29 is 9.53 Å². The molecule has 0 atom stereocenters. The van der Waals surface area contributed by atoms with Crippen molar-refractivity contribution in [3.05, 3.63) is 35.9 Å². The van der Waals surface area contributed by atoms with Crippen LogP contribution in [0.1, 0.15) is 44.6 Å². The summed E-state index contributed by atoms with van der Waals surface area (Å²) >= 11 is 0. The first-order valence-electron chi connectivity index (χ1n) is 10.1. The molecule has 0 unspecified atom stereocenters. The molecule has 26 heavy (non-hydrogen) atoms. The normalized spacial score (nSPS) is 27.8. The van der Waals surface area contributed by atoms with Crippen molar-refractivity contribution in [3.8, 4) is 0 Å². The molecule has 144 valence electrons. The van der Waals surface area contributed by atoms with Crippen LogP contribution in [0, 0.1) is 0 Å². The van der Waals surface area contributed by atoms with Crippen LogP contribution in [-0.2, 0) is 10.3 Å². The van der Waals surface area contributed by atoms with Gasteiger partial charge in [-0.2, -0.15) is 0 Å². The number of carbonyl (C=O) groups excluding carboxylic acids is 1. The van der Waals surface area contributed by atoms with E-state index in [1.807, 2.05) is 11.8 Å². The van der Waals surface area contributed by atoms with Crippen molar-refractivity contribution in [3.63, 3.8) is 0 Å². The molecule has 1 aliphatic carbocycles. The first-order chi connectivity index (χ1) is 12.7. The van der Waals surface area contributed by atoms with Gasteiger partial charge in [0.15, 0.2) is 0 Å². The van der Waals surface area contributed by atoms with E-state index in [2.05, 4.69) is 47.6 Å². The topological polar surface area (TPSA) is 44.8 Å². The minimum Gasteiger partial charge on any atom is -0.450 e. The molecular formula is C21H33N3O2. The summed E-state index contributed by atoms with van der Waals surface area (Å²) in [6.45, 7) is 5.95. The first-order valence-corrected chi connectivity index (χ1v) is 10.1. The molecule has 1 saturated heterocycles. The molecule has 1 aromatic rings. The Hall–Kier alpha value is -1.59. The van der Waals surface area contributed by atoms with Gasteiger partial charge in [-0.3, -0.25) is 4.90 Å². The minimum atomic E-state index is -0.156. The molecule has 0 radical (unpaired) electrons. The van der Waals surface area contributed by atoms with Crippen LogP contribution in [0.4, 0.5) is 4.79 Å². The number of amides is 1. The average molecular weight is 360 g/mol. The third kappa shape index (κ3) is 4.21. The number of hydrogen-bond donors (Lipinski definition) is 1. The molecule has 0 bridgehead atoms. The Labute approximate surface area is 157 Å². The van der Waals surface area contributed by atoms with Gasteiger partial charge in [0, 0.05) is 37.8 Å². The molecule has 1 aliphatic heterocycles. The van der Waals surface area contributed by atoms with Crippen molar-refractivity contribution in [1.82, 2.24) is 15.1 Å². The van der Waals surface area contributed by atoms with Crippen LogP contribution in [-0.4, -0.2) is 61.8 Å². The lowest BCUT2D eigenvalue weighted by atomic mass is 9.74. The standard InChI is InChI=1S/C21H33N3O2/c1-3-26-20(25)24-15-7-14-23(16-17-24)19-10-12-21(22-2,13-11-19)18-8-5-4-6-9-18/h4-6,8-9,19,22H,3,7,10-17H2,1-2H3. The fourth-order valence-electron chi connectivity index (χ4n) is 4.60. The predicted molar refractivity (Wildman–Crippen MR) is 104 cm³/mol. The molecular weight excluding hydrogens is 326 g/mol. The quantitative estimate of drug-likeness (QED) is 0.897. The molecule has 0 aromatic heterocycles. The smallest absolute Gasteiger partial charge is 0.409 e. The number of ether oxygens (including phenoxy) is 1. The second-order valence-electron chi connectivity index (χ2n) is 7.50. The molecule has 5 heteroatoms. The fraction of sp³-hybridized carbons (Fsp3) is 0.667. The Kier molecular flexibility index (Phi) is 6.54. The van der Waals surface area contributed by atoms with Crippen molar-refractivity contribution >= 4 is 6.09 Å². The minimum absolute atomic E-state index is 0.112. The highest BCUT2D eigenvalue weighted by atomic mass is 16.6. The van der Waals surface area contributed by atoms with Crippen molar-refractivity contribution in [2.45, 2.75) is 50.6 Å². The first kappa shape index (κ1) is 19.2. The Balaban J connectivity index is 1.57. The average Bonchev–Trinajstić information content (AvgIpc) is 2.95. The highest BCUT2D eigenvalue weighted by Gasteiger charge is 2.37. The van der Waals surface area contributed by atoms with Gasteiger partial charge in [0.25, 0.3) is 0 Å². The van der Waals surface area contributed by atoms with Crippen LogP contribution < -0.4 is 5.32 Å². The fourth-order valence-corrected chi connectivity index (χ4v) is 4.60. The maximum Gasteiger partial charge on any atom is 0.409 e. The van der Waals surface area contributed by atoms with E-state index in [0.717, 1.165) is 45.4 Å². The van der Waals surface area contributed by atoms with E-state index in [0.29, 0.717) is 12.6 Å². The van der Waals surface area contributed by atoms with Crippen LogP contribution in [0.25, 0.3) is 0 Å². The SMILES string of the molecule is CCOC(=O)N1CCCN(C2CCC(NC)(c3ccccc3)CC2)CC1. The van der Waals surface area contributed by atoms with Gasteiger partial charge in [0.1, 0.15) is 0 Å². The Bertz CT molecular complexity index is 570. The molecule has 1 aromatic carbocycles. The number of nitrogens with zero attached hydrogens (tertiary/aromatic N) is 2. The summed E-state index contributed by atoms with van der Waals surface area (Å²) in [4.78, 5) is 16.5. The number of carbonyl (C=O) groups is 1. The van der Waals surface area contributed by atoms with Gasteiger partial charge >= 0.3 is 6.09 Å². The lowest BCUT2D eigenvalue weighted by Crippen LogP contribution is -2.48. The zero-order valence-corrected chi connectivity index (χ0v) is 16.2. The molecule has 1 amide bonds. The van der Waals surface area contributed by atoms with Crippen LogP contribution in [0.15, 0.2) is 30.3 Å². The monoisotopic (exact) mass is 359 g/mol. The van der Waals surface area contributed by atoms with Gasteiger partial charge < -0.3 is 15.0 Å². The van der Waals surface area contributed by atoms with Crippen LogP contribution in [0.2, 0.25) is 0 Å². The second-order valence-corrected chi connectivity index (χ2v) is 7.50. The van der Waals surface area contributed by atoms with E-state index in [1.165, 1.54) is 18.4 Å². The lowest BCUT2D eigenvalue weighted by Gasteiger charge is -2.44. The Morgan fingerprint density at radius 2 is 1.88 bits per heavy atom. The Morgan fingerprint density at radius 1 is 1.15 bits per heavy atom. The highest BCUT2D eigenvalue weighted by molar-refractivity contribution is 5.67. The predicted octanol–water partition coefficient (Wildman–Crippen LogP) is 3.21. The summed E-state index contributed by atoms with van der Waals surface area (Å²) in [7, 11) is 2.09. The molecule has 0 spiro atoms. The van der Waals surface area contributed by atoms with Gasteiger partial charge in [-0.1, -0.05) is 30.3 Å². The van der Waals surface area contributed by atoms with Crippen molar-refractivity contribution in [2.24, 2.45) is 0 Å². The summed E-state index contributed by atoms with van der Waals surface area (Å²) in [5.41, 5.74) is 1.52. The zero-order chi connectivity index (χ0) is 18.4. The lowest BCUT2D eigenvalue weighted by molar-refractivity contribution is 0.100. The molecule has 2 fully saturated rings. The highest BCUT2D eigenvalue weighted by Crippen LogP contribution is 2.38. The summed E-state index contributed by atoms with van der Waals surface area (Å²) in [5.74, 6) is 0. The molecule has 5 nitrogen and oxygen atoms in total. The van der Waals surface area contributed by atoms with E-state index in [9.17, 15) is 4.79 Å². The van der Waals surface area contributed by atoms with Crippen molar-refractivity contribution in [2.75, 3.05) is 39.8 Å². The van der Waals surface area contributed by atoms with Gasteiger partial charge in [-0.15, -0.1) is 0 Å². The molecule has 1 saturated carbocycles. The van der Waals surface area contributed by atoms with E-state index in [-0.39, 0.29) is 11.6 Å². The van der Waals surface area contributed by atoms with Crippen LogP contribution >= 0.6 is 0 Å². The maximum absolute atomic E-state index is 12.0. The van der Waals surface area contributed by atoms with Gasteiger partial charge in [-0.05, 0) is 51.6 Å². The maximum atomic E-state index is 12.0. The molecule has 1 heterocycles.